The molecule has 0 bridgehead atoms. The van der Waals surface area contributed by atoms with Crippen LogP contribution in [0.2, 0.25) is 0 Å². The fourth-order valence-electron chi connectivity index (χ4n) is 5.21. The number of hydrogen-bond donors (Lipinski definition) is 0. The molecule has 2 aliphatic carbocycles. The van der Waals surface area contributed by atoms with Gasteiger partial charge in [-0.3, -0.25) is 0 Å². The fraction of sp³-hybridized carbons (Fsp3) is 0.100. The second-order valence-electron chi connectivity index (χ2n) is 8.47. The molecule has 0 spiro atoms. The van der Waals surface area contributed by atoms with Crippen molar-refractivity contribution in [3.05, 3.63) is 135 Å². The van der Waals surface area contributed by atoms with Gasteiger partial charge in [-0.1, -0.05) is 0 Å². The van der Waals surface area contributed by atoms with Crippen molar-refractivity contribution in [1.29, 1.82) is 0 Å². The molecule has 0 saturated heterocycles. The van der Waals surface area contributed by atoms with Crippen LogP contribution in [-0.2, 0) is 27.7 Å². The maximum Gasteiger partial charge on any atom is -1.00 e. The van der Waals surface area contributed by atoms with E-state index in [1.807, 2.05) is 6.26 Å². The third-order valence-electron chi connectivity index (χ3n) is 6.66. The molecule has 0 atom stereocenters. The first-order valence-electron chi connectivity index (χ1n) is 11.2. The van der Waals surface area contributed by atoms with Gasteiger partial charge >= 0.3 is 198 Å². The Morgan fingerprint density at radius 3 is 2.09 bits per heavy atom. The Morgan fingerprint density at radius 2 is 1.44 bits per heavy atom. The zero-order chi connectivity index (χ0) is 21.3. The first kappa shape index (κ1) is 24.9. The largest absolute Gasteiger partial charge is 1.00 e. The number of hydrogen-bond acceptors (Lipinski definition) is 1. The first-order valence-corrected chi connectivity index (χ1v) is 15.3. The van der Waals surface area contributed by atoms with Gasteiger partial charge < -0.3 is 24.8 Å². The van der Waals surface area contributed by atoms with Gasteiger partial charge in [0.2, 0.25) is 0 Å². The van der Waals surface area contributed by atoms with Crippen molar-refractivity contribution in [3.8, 4) is 11.1 Å². The third kappa shape index (κ3) is 4.52. The van der Waals surface area contributed by atoms with Gasteiger partial charge in [0, 0.05) is 0 Å². The Bertz CT molecular complexity index is 1320. The minimum Gasteiger partial charge on any atom is -1.00 e. The van der Waals surface area contributed by atoms with Crippen molar-refractivity contribution in [3.63, 3.8) is 0 Å². The molecule has 1 heterocycles. The fourth-order valence-corrected chi connectivity index (χ4v) is 13.5. The second kappa shape index (κ2) is 11.0. The Morgan fingerprint density at radius 1 is 0.794 bits per heavy atom. The monoisotopic (exact) mass is 560 g/mol. The molecule has 0 radical (unpaired) electrons. The van der Waals surface area contributed by atoms with Gasteiger partial charge in [0.05, 0.1) is 0 Å². The molecule has 0 N–H and O–H groups in total. The van der Waals surface area contributed by atoms with Crippen molar-refractivity contribution < 1.29 is 50.5 Å². The van der Waals surface area contributed by atoms with Crippen LogP contribution in [0.25, 0.3) is 16.7 Å². The summed E-state index contributed by atoms with van der Waals surface area (Å²) >= 11 is -2.30. The van der Waals surface area contributed by atoms with Gasteiger partial charge in [-0.15, -0.1) is 0 Å². The standard InChI is InChI=1S/C13H9.C9H7O.C8H8.2ClH.Zr/c1-3-7-12-10(5-1)9-11-6-2-4-8-13(11)12;1-2-4-8(3-1)9-5-6-10-7-9;1-2-8-6-4-3-5-7-8;;;/h1-9H;1,3,5-7H,2H2;1,3-7H,2H2;2*1H;/q;;;;;+2/p-2. The van der Waals surface area contributed by atoms with Crippen molar-refractivity contribution in [2.24, 2.45) is 0 Å². The molecule has 1 aromatic heterocycles. The smallest absolute Gasteiger partial charge is 1.00 e. The molecule has 168 valence electrons. The molecule has 1 nitrogen and oxygen atoms in total. The van der Waals surface area contributed by atoms with Crippen LogP contribution in [0, 0.1) is 0 Å². The summed E-state index contributed by atoms with van der Waals surface area (Å²) in [7, 11) is 0. The van der Waals surface area contributed by atoms with Crippen LogP contribution >= 0.6 is 0 Å². The summed E-state index contributed by atoms with van der Waals surface area (Å²) in [5.74, 6) is 0. The van der Waals surface area contributed by atoms with Gasteiger partial charge in [-0.2, -0.15) is 0 Å². The van der Waals surface area contributed by atoms with Crippen LogP contribution in [-0.4, -0.2) is 3.71 Å². The molecule has 0 aliphatic heterocycles. The number of furan rings is 1. The summed E-state index contributed by atoms with van der Waals surface area (Å²) in [6.07, 6.45) is 10.5. The topological polar surface area (TPSA) is 13.1 Å². The summed E-state index contributed by atoms with van der Waals surface area (Å²) in [5.41, 5.74) is 9.93. The van der Waals surface area contributed by atoms with Gasteiger partial charge in [-0.05, 0) is 0 Å². The van der Waals surface area contributed by atoms with E-state index in [9.17, 15) is 0 Å². The van der Waals surface area contributed by atoms with Gasteiger partial charge in [0.1, 0.15) is 0 Å². The van der Waals surface area contributed by atoms with Crippen LogP contribution in [0.1, 0.15) is 32.3 Å². The first-order chi connectivity index (χ1) is 15.9. The van der Waals surface area contributed by atoms with E-state index in [1.54, 1.807) is 9.54 Å². The molecule has 6 rings (SSSR count). The van der Waals surface area contributed by atoms with E-state index in [-0.39, 0.29) is 24.8 Å². The molecule has 0 fully saturated rings. The van der Waals surface area contributed by atoms with E-state index in [2.05, 4.69) is 101 Å². The van der Waals surface area contributed by atoms with Crippen molar-refractivity contribution in [2.45, 2.75) is 16.5 Å². The summed E-state index contributed by atoms with van der Waals surface area (Å²) in [5, 5.41) is 0. The number of fused-ring (bicyclic) bond motifs is 3. The van der Waals surface area contributed by atoms with E-state index in [0.29, 0.717) is 3.63 Å². The van der Waals surface area contributed by atoms with Gasteiger partial charge in [0.25, 0.3) is 0 Å². The van der Waals surface area contributed by atoms with Crippen LogP contribution in [0.4, 0.5) is 0 Å². The summed E-state index contributed by atoms with van der Waals surface area (Å²) in [6.45, 7) is 0. The molecule has 2 aliphatic rings. The normalized spacial score (nSPS) is 13.9. The van der Waals surface area contributed by atoms with Crippen LogP contribution in [0.15, 0.2) is 117 Å². The maximum absolute atomic E-state index is 5.47. The zero-order valence-electron chi connectivity index (χ0n) is 18.6. The minimum absolute atomic E-state index is 0. The summed E-state index contributed by atoms with van der Waals surface area (Å²) in [4.78, 5) is 0. The molecule has 0 amide bonds. The van der Waals surface area contributed by atoms with Crippen molar-refractivity contribution >= 4 is 9.28 Å². The Kier molecular flexibility index (Phi) is 8.04. The molecule has 3 aromatic carbocycles. The third-order valence-corrected chi connectivity index (χ3v) is 14.2. The number of benzene rings is 3. The van der Waals surface area contributed by atoms with Crippen LogP contribution in [0.3, 0.4) is 0 Å². The van der Waals surface area contributed by atoms with Crippen LogP contribution < -0.4 is 24.8 Å². The van der Waals surface area contributed by atoms with Gasteiger partial charge in [-0.25, -0.2) is 0 Å². The SMILES string of the molecule is C1=CC(c2ccoc2)=[C](/[Zr+2](=[CH]/Cc2ccccc2)[CH]2c3ccccc3-c3ccccc32)C1.[Cl-].[Cl-]. The van der Waals surface area contributed by atoms with Gasteiger partial charge in [0.15, 0.2) is 0 Å². The molecule has 0 saturated carbocycles. The minimum atomic E-state index is -2.30. The summed E-state index contributed by atoms with van der Waals surface area (Å²) in [6, 6.07) is 31.2. The Balaban J connectivity index is 0.00000137. The number of rotatable bonds is 5. The van der Waals surface area contributed by atoms with E-state index in [1.165, 1.54) is 39.0 Å². The maximum atomic E-state index is 5.47. The second-order valence-corrected chi connectivity index (χ2v) is 14.6. The Hall–Kier alpha value is -2.25. The number of halogens is 2. The molecule has 0 unspecified atom stereocenters. The quantitative estimate of drug-likeness (QED) is 0.359. The molecular weight excluding hydrogens is 538 g/mol. The average Bonchev–Trinajstić information content (AvgIpc) is 3.60. The van der Waals surface area contributed by atoms with Crippen molar-refractivity contribution in [2.75, 3.05) is 0 Å². The van der Waals surface area contributed by atoms with Crippen molar-refractivity contribution in [1.82, 2.24) is 0 Å². The van der Waals surface area contributed by atoms with Crippen LogP contribution in [0.5, 0.6) is 0 Å². The van der Waals surface area contributed by atoms with E-state index in [0.717, 1.165) is 12.8 Å². The predicted molar refractivity (Wildman–Crippen MR) is 129 cm³/mol. The number of allylic oxidation sites excluding steroid dienone is 4. The molecule has 34 heavy (non-hydrogen) atoms. The molecule has 4 aromatic rings. The zero-order valence-corrected chi connectivity index (χ0v) is 22.6. The molecule has 4 heteroatoms. The molecular formula is C30H24Cl2OZr. The van der Waals surface area contributed by atoms with E-state index in [4.69, 9.17) is 4.42 Å². The Labute approximate surface area is 221 Å². The van der Waals surface area contributed by atoms with E-state index >= 15 is 0 Å². The van der Waals surface area contributed by atoms with E-state index < -0.39 is 21.3 Å². The summed E-state index contributed by atoms with van der Waals surface area (Å²) < 4.78 is 10.4. The predicted octanol–water partition coefficient (Wildman–Crippen LogP) is 1.39. The average molecular weight is 563 g/mol.